The van der Waals surface area contributed by atoms with Crippen LogP contribution in [0.25, 0.3) is 22.0 Å². The number of rotatable bonds is 6. The number of H-pyrrole nitrogens is 1. The van der Waals surface area contributed by atoms with E-state index in [1.54, 1.807) is 36.4 Å². The van der Waals surface area contributed by atoms with Crippen LogP contribution >= 0.6 is 66.7 Å². The van der Waals surface area contributed by atoms with Gasteiger partial charge in [-0.3, -0.25) is 4.79 Å². The third kappa shape index (κ3) is 6.67. The molecule has 1 heterocycles. The summed E-state index contributed by atoms with van der Waals surface area (Å²) in [5.74, 6) is -1.57. The predicted molar refractivity (Wildman–Crippen MR) is 172 cm³/mol. The molecule has 0 fully saturated rings. The quantitative estimate of drug-likeness (QED) is 0.0778. The largest absolute Gasteiger partial charge is 0.421 e. The van der Waals surface area contributed by atoms with Gasteiger partial charge in [0.05, 0.1) is 32.4 Å². The average Bonchev–Trinajstić information content (AvgIpc) is 3.34. The van der Waals surface area contributed by atoms with E-state index in [2.05, 4.69) is 47.4 Å². The molecule has 224 valence electrons. The molecule has 0 bridgehead atoms. The predicted octanol–water partition coefficient (Wildman–Crippen LogP) is 10.3. The number of para-hydroxylation sites is 1. The topological polar surface area (TPSA) is 83.5 Å². The number of aromatic nitrogens is 1. The van der Waals surface area contributed by atoms with Crippen LogP contribution in [0.3, 0.4) is 0 Å². The highest BCUT2D eigenvalue weighted by molar-refractivity contribution is 9.11. The minimum Gasteiger partial charge on any atom is -0.421 e. The number of nitrogens with one attached hydrogen (secondary N) is 2. The van der Waals surface area contributed by atoms with Crippen LogP contribution in [0.15, 0.2) is 86.8 Å². The Balaban J connectivity index is 1.50. The standard InChI is InChI=1S/C30H15Br2Cl3F3N3O3/c31-15-10-14(27(21(32)11-15)44-29(43)18-9-8-16(33)12-23(18)35)13-39-41-28(42)26-24(17-4-1-2-7-22(17)34)19-5-3-6-20(25(19)40-26)30(36,37)38/h1-13,40H,(H,41,42). The smallest absolute Gasteiger partial charge is 0.418 e. The molecule has 0 radical (unpaired) electrons. The van der Waals surface area contributed by atoms with E-state index in [9.17, 15) is 22.8 Å². The van der Waals surface area contributed by atoms with Crippen LogP contribution in [-0.4, -0.2) is 23.1 Å². The lowest BCUT2D eigenvalue weighted by molar-refractivity contribution is -0.136. The maximum Gasteiger partial charge on any atom is 0.418 e. The van der Waals surface area contributed by atoms with Gasteiger partial charge in [0.1, 0.15) is 5.69 Å². The molecule has 2 N–H and O–H groups in total. The zero-order valence-electron chi connectivity index (χ0n) is 21.7. The summed E-state index contributed by atoms with van der Waals surface area (Å²) in [5, 5.41) is 4.79. The SMILES string of the molecule is O=C(Oc1c(Br)cc(Br)cc1C=NNC(=O)c1[nH]c2c(C(F)(F)F)cccc2c1-c1ccccc1Cl)c1ccc(Cl)cc1Cl. The van der Waals surface area contributed by atoms with Crippen molar-refractivity contribution in [2.75, 3.05) is 0 Å². The molecule has 4 aromatic carbocycles. The highest BCUT2D eigenvalue weighted by atomic mass is 79.9. The number of nitrogens with zero attached hydrogens (tertiary/aromatic N) is 1. The first kappa shape index (κ1) is 32.1. The molecule has 0 atom stereocenters. The molecule has 1 aromatic heterocycles. The van der Waals surface area contributed by atoms with Crippen molar-refractivity contribution in [3.63, 3.8) is 0 Å². The Morgan fingerprint density at radius 3 is 2.39 bits per heavy atom. The van der Waals surface area contributed by atoms with Gasteiger partial charge >= 0.3 is 12.1 Å². The van der Waals surface area contributed by atoms with Crippen molar-refractivity contribution >= 4 is 95.7 Å². The van der Waals surface area contributed by atoms with Crippen molar-refractivity contribution in [1.82, 2.24) is 10.4 Å². The second-order valence-electron chi connectivity index (χ2n) is 9.10. The fraction of sp³-hybridized carbons (Fsp3) is 0.0333. The molecular weight excluding hydrogens is 774 g/mol. The van der Waals surface area contributed by atoms with E-state index in [1.165, 1.54) is 36.5 Å². The number of benzene rings is 4. The summed E-state index contributed by atoms with van der Waals surface area (Å²) in [4.78, 5) is 28.9. The molecule has 0 unspecified atom stereocenters. The van der Waals surface area contributed by atoms with Crippen molar-refractivity contribution in [1.29, 1.82) is 0 Å². The van der Waals surface area contributed by atoms with Crippen LogP contribution in [0.1, 0.15) is 32.0 Å². The van der Waals surface area contributed by atoms with Crippen molar-refractivity contribution in [2.24, 2.45) is 5.10 Å². The minimum absolute atomic E-state index is 0.0550. The number of hydrogen-bond donors (Lipinski definition) is 2. The van der Waals surface area contributed by atoms with Gasteiger partial charge in [0.25, 0.3) is 5.91 Å². The second-order valence-corrected chi connectivity index (χ2v) is 12.1. The van der Waals surface area contributed by atoms with Gasteiger partial charge in [-0.05, 0) is 58.4 Å². The summed E-state index contributed by atoms with van der Waals surface area (Å²) in [7, 11) is 0. The van der Waals surface area contributed by atoms with Crippen LogP contribution in [0.2, 0.25) is 15.1 Å². The lowest BCUT2D eigenvalue weighted by Gasteiger charge is -2.11. The lowest BCUT2D eigenvalue weighted by atomic mass is 10.00. The molecule has 0 saturated heterocycles. The maximum absolute atomic E-state index is 13.8. The number of ether oxygens (including phenoxy) is 1. The summed E-state index contributed by atoms with van der Waals surface area (Å²) >= 11 is 25.2. The monoisotopic (exact) mass is 785 g/mol. The molecule has 5 aromatic rings. The van der Waals surface area contributed by atoms with Gasteiger partial charge < -0.3 is 9.72 Å². The van der Waals surface area contributed by atoms with Gasteiger partial charge in [-0.2, -0.15) is 18.3 Å². The first-order chi connectivity index (χ1) is 20.8. The number of hydrogen-bond acceptors (Lipinski definition) is 4. The number of carbonyl (C=O) groups excluding carboxylic acids is 2. The molecule has 14 heteroatoms. The average molecular weight is 789 g/mol. The molecule has 1 amide bonds. The van der Waals surface area contributed by atoms with E-state index >= 15 is 0 Å². The zero-order valence-corrected chi connectivity index (χ0v) is 27.1. The molecular formula is C30H15Br2Cl3F3N3O3. The Labute approximate surface area is 279 Å². The zero-order chi connectivity index (χ0) is 31.8. The van der Waals surface area contributed by atoms with Gasteiger partial charge in [0.2, 0.25) is 0 Å². The second kappa shape index (κ2) is 12.9. The van der Waals surface area contributed by atoms with Crippen LogP contribution in [0.5, 0.6) is 5.75 Å². The highest BCUT2D eigenvalue weighted by Crippen LogP contribution is 2.41. The molecule has 0 aliphatic heterocycles. The van der Waals surface area contributed by atoms with E-state index in [0.29, 0.717) is 19.5 Å². The highest BCUT2D eigenvalue weighted by Gasteiger charge is 2.35. The first-order valence-electron chi connectivity index (χ1n) is 12.3. The number of alkyl halides is 3. The van der Waals surface area contributed by atoms with Gasteiger partial charge in [0, 0.05) is 36.6 Å². The third-order valence-electron chi connectivity index (χ3n) is 6.26. The minimum atomic E-state index is -4.69. The molecule has 44 heavy (non-hydrogen) atoms. The lowest BCUT2D eigenvalue weighted by Crippen LogP contribution is -2.19. The Bertz CT molecular complexity index is 1980. The Hall–Kier alpha value is -3.35. The number of fused-ring (bicyclic) bond motifs is 1. The number of amides is 1. The number of halogens is 8. The van der Waals surface area contributed by atoms with E-state index in [1.807, 2.05) is 0 Å². The van der Waals surface area contributed by atoms with Crippen molar-refractivity contribution in [3.05, 3.63) is 119 Å². The molecule has 5 rings (SSSR count). The fourth-order valence-corrected chi connectivity index (χ4v) is 6.43. The number of carbonyl (C=O) groups is 2. The Morgan fingerprint density at radius 2 is 1.68 bits per heavy atom. The van der Waals surface area contributed by atoms with Crippen LogP contribution < -0.4 is 10.2 Å². The summed E-state index contributed by atoms with van der Waals surface area (Å²) in [5.41, 5.74) is 1.74. The number of hydrazone groups is 1. The Morgan fingerprint density at radius 1 is 0.932 bits per heavy atom. The van der Waals surface area contributed by atoms with Gasteiger partial charge in [0.15, 0.2) is 5.75 Å². The maximum atomic E-state index is 13.8. The molecule has 0 aliphatic rings. The van der Waals surface area contributed by atoms with Gasteiger partial charge in [-0.1, -0.05) is 81.1 Å². The third-order valence-corrected chi connectivity index (χ3v) is 8.19. The first-order valence-corrected chi connectivity index (χ1v) is 15.0. The summed E-state index contributed by atoms with van der Waals surface area (Å²) in [6.45, 7) is 0. The van der Waals surface area contributed by atoms with Crippen LogP contribution in [0, 0.1) is 0 Å². The fourth-order valence-electron chi connectivity index (χ4n) is 4.37. The van der Waals surface area contributed by atoms with E-state index in [4.69, 9.17) is 39.5 Å². The van der Waals surface area contributed by atoms with Crippen molar-refractivity contribution in [3.8, 4) is 16.9 Å². The van der Waals surface area contributed by atoms with E-state index < -0.39 is 23.6 Å². The van der Waals surface area contributed by atoms with Gasteiger partial charge in [-0.15, -0.1) is 0 Å². The van der Waals surface area contributed by atoms with Crippen molar-refractivity contribution in [2.45, 2.75) is 6.18 Å². The molecule has 0 spiro atoms. The van der Waals surface area contributed by atoms with Crippen molar-refractivity contribution < 1.29 is 27.5 Å². The van der Waals surface area contributed by atoms with Crippen LogP contribution in [-0.2, 0) is 6.18 Å². The summed E-state index contributed by atoms with van der Waals surface area (Å²) < 4.78 is 48.1. The molecule has 0 aliphatic carbocycles. The number of aromatic amines is 1. The van der Waals surface area contributed by atoms with E-state index in [-0.39, 0.29) is 49.1 Å². The summed E-state index contributed by atoms with van der Waals surface area (Å²) in [6, 6.07) is 17.6. The molecule has 0 saturated carbocycles. The normalized spacial score (nSPS) is 11.7. The molecule has 6 nitrogen and oxygen atoms in total. The van der Waals surface area contributed by atoms with E-state index in [0.717, 1.165) is 6.07 Å². The Kier molecular flexibility index (Phi) is 9.43. The van der Waals surface area contributed by atoms with Gasteiger partial charge in [-0.25, -0.2) is 10.2 Å². The number of esters is 1. The van der Waals surface area contributed by atoms with Crippen LogP contribution in [0.4, 0.5) is 13.2 Å². The summed E-state index contributed by atoms with van der Waals surface area (Å²) in [6.07, 6.45) is -3.48.